The zero-order chi connectivity index (χ0) is 17.0. The van der Waals surface area contributed by atoms with Gasteiger partial charge in [-0.2, -0.15) is 0 Å². The van der Waals surface area contributed by atoms with Crippen molar-refractivity contribution in [2.45, 2.75) is 20.0 Å². The molecular formula is C19H23N3O2. The van der Waals surface area contributed by atoms with Crippen LogP contribution >= 0.6 is 0 Å². The second-order valence-corrected chi connectivity index (χ2v) is 6.63. The summed E-state index contributed by atoms with van der Waals surface area (Å²) in [6, 6.07) is 13.0. The Morgan fingerprint density at radius 1 is 1.29 bits per heavy atom. The van der Waals surface area contributed by atoms with Crippen molar-refractivity contribution in [3.8, 4) is 5.75 Å². The highest BCUT2D eigenvalue weighted by Crippen LogP contribution is 2.29. The van der Waals surface area contributed by atoms with Crippen LogP contribution in [0.25, 0.3) is 0 Å². The summed E-state index contributed by atoms with van der Waals surface area (Å²) in [6.07, 6.45) is 2.70. The van der Waals surface area contributed by atoms with Crippen LogP contribution in [0.4, 0.5) is 0 Å². The van der Waals surface area contributed by atoms with E-state index in [9.17, 15) is 4.79 Å². The summed E-state index contributed by atoms with van der Waals surface area (Å²) in [5, 5.41) is 0. The number of benzene rings is 1. The smallest absolute Gasteiger partial charge is 0.253 e. The first-order valence-electron chi connectivity index (χ1n) is 8.22. The second-order valence-electron chi connectivity index (χ2n) is 6.63. The Bertz CT molecular complexity index is 688. The summed E-state index contributed by atoms with van der Waals surface area (Å²) in [7, 11) is 0. The van der Waals surface area contributed by atoms with Crippen LogP contribution in [0.15, 0.2) is 48.7 Å². The minimum atomic E-state index is 0.0431. The van der Waals surface area contributed by atoms with Gasteiger partial charge in [-0.15, -0.1) is 0 Å². The van der Waals surface area contributed by atoms with Gasteiger partial charge in [0.05, 0.1) is 5.69 Å². The van der Waals surface area contributed by atoms with Crippen molar-refractivity contribution in [1.82, 2.24) is 9.88 Å². The first kappa shape index (κ1) is 16.5. The molecule has 5 nitrogen and oxygen atoms in total. The molecule has 2 heterocycles. The van der Waals surface area contributed by atoms with Crippen molar-refractivity contribution in [1.29, 1.82) is 0 Å². The number of carbonyl (C=O) groups excluding carboxylic acids is 1. The maximum Gasteiger partial charge on any atom is 0.253 e. The lowest BCUT2D eigenvalue weighted by atomic mass is 9.90. The van der Waals surface area contributed by atoms with Crippen LogP contribution < -0.4 is 10.5 Å². The number of amides is 1. The second kappa shape index (κ2) is 7.01. The van der Waals surface area contributed by atoms with Gasteiger partial charge in [-0.3, -0.25) is 9.78 Å². The molecule has 0 bridgehead atoms. The Labute approximate surface area is 142 Å². The van der Waals surface area contributed by atoms with Gasteiger partial charge in [0.2, 0.25) is 0 Å². The van der Waals surface area contributed by atoms with Crippen LogP contribution in [0.3, 0.4) is 0 Å². The van der Waals surface area contributed by atoms with E-state index in [0.29, 0.717) is 18.7 Å². The van der Waals surface area contributed by atoms with Crippen molar-refractivity contribution in [2.75, 3.05) is 19.6 Å². The van der Waals surface area contributed by atoms with Gasteiger partial charge < -0.3 is 15.4 Å². The van der Waals surface area contributed by atoms with Crippen molar-refractivity contribution in [3.05, 3.63) is 59.9 Å². The molecule has 24 heavy (non-hydrogen) atoms. The number of hydrogen-bond acceptors (Lipinski definition) is 4. The van der Waals surface area contributed by atoms with Crippen LogP contribution in [0.5, 0.6) is 5.75 Å². The third-order valence-electron chi connectivity index (χ3n) is 4.55. The third-order valence-corrected chi connectivity index (χ3v) is 4.55. The molecular weight excluding hydrogens is 302 g/mol. The number of nitrogens with zero attached hydrogens (tertiary/aromatic N) is 2. The van der Waals surface area contributed by atoms with Crippen molar-refractivity contribution >= 4 is 5.91 Å². The molecule has 2 aromatic rings. The first-order valence-corrected chi connectivity index (χ1v) is 8.22. The zero-order valence-corrected chi connectivity index (χ0v) is 13.9. The lowest BCUT2D eigenvalue weighted by molar-refractivity contribution is 0.0777. The largest absolute Gasteiger partial charge is 0.487 e. The summed E-state index contributed by atoms with van der Waals surface area (Å²) in [4.78, 5) is 18.7. The highest BCUT2D eigenvalue weighted by atomic mass is 16.5. The molecule has 1 aromatic carbocycles. The average molecular weight is 325 g/mol. The number of hydrogen-bond donors (Lipinski definition) is 1. The molecule has 1 aliphatic rings. The fraction of sp³-hybridized carbons (Fsp3) is 0.368. The van der Waals surface area contributed by atoms with E-state index in [1.54, 1.807) is 6.20 Å². The number of ether oxygens (including phenoxy) is 1. The standard InChI is InChI=1S/C19H23N3O2/c1-19(13-20)9-11-22(14-19)18(23)15-5-7-17(8-6-15)24-12-16-4-2-3-10-21-16/h2-8,10H,9,11-14,20H2,1H3. The third kappa shape index (κ3) is 3.74. The molecule has 1 aromatic heterocycles. The van der Waals surface area contributed by atoms with Gasteiger partial charge in [-0.25, -0.2) is 0 Å². The van der Waals surface area contributed by atoms with Crippen LogP contribution in [0.2, 0.25) is 0 Å². The van der Waals surface area contributed by atoms with E-state index < -0.39 is 0 Å². The number of aromatic nitrogens is 1. The van der Waals surface area contributed by atoms with Gasteiger partial charge in [0.25, 0.3) is 5.91 Å². The summed E-state index contributed by atoms with van der Waals surface area (Å²) in [6.45, 7) is 4.64. The highest BCUT2D eigenvalue weighted by molar-refractivity contribution is 5.94. The molecule has 0 spiro atoms. The van der Waals surface area contributed by atoms with Gasteiger partial charge in [0.1, 0.15) is 12.4 Å². The number of pyridine rings is 1. The Morgan fingerprint density at radius 2 is 2.08 bits per heavy atom. The number of carbonyl (C=O) groups is 1. The molecule has 126 valence electrons. The van der Waals surface area contributed by atoms with E-state index in [-0.39, 0.29) is 11.3 Å². The normalized spacial score (nSPS) is 20.2. The Kier molecular flexibility index (Phi) is 4.81. The lowest BCUT2D eigenvalue weighted by Crippen LogP contribution is -2.34. The summed E-state index contributed by atoms with van der Waals surface area (Å²) in [5.74, 6) is 0.786. The highest BCUT2D eigenvalue weighted by Gasteiger charge is 2.35. The molecule has 0 saturated carbocycles. The molecule has 1 atom stereocenters. The van der Waals surface area contributed by atoms with Gasteiger partial charge in [-0.05, 0) is 54.8 Å². The Hall–Kier alpha value is -2.40. The number of nitrogens with two attached hydrogens (primary N) is 1. The molecule has 1 amide bonds. The Balaban J connectivity index is 1.59. The predicted molar refractivity (Wildman–Crippen MR) is 92.7 cm³/mol. The van der Waals surface area contributed by atoms with E-state index >= 15 is 0 Å². The summed E-state index contributed by atoms with van der Waals surface area (Å²) in [5.41, 5.74) is 7.41. The molecule has 1 fully saturated rings. The predicted octanol–water partition coefficient (Wildman–Crippen LogP) is 2.47. The van der Waals surface area contributed by atoms with Gasteiger partial charge >= 0.3 is 0 Å². The fourth-order valence-corrected chi connectivity index (χ4v) is 2.88. The van der Waals surface area contributed by atoms with E-state index in [1.807, 2.05) is 47.4 Å². The summed E-state index contributed by atoms with van der Waals surface area (Å²) < 4.78 is 5.70. The quantitative estimate of drug-likeness (QED) is 0.917. The lowest BCUT2D eigenvalue weighted by Gasteiger charge is -2.22. The molecule has 2 N–H and O–H groups in total. The minimum absolute atomic E-state index is 0.0431. The van der Waals surface area contributed by atoms with Gasteiger partial charge in [-0.1, -0.05) is 13.0 Å². The van der Waals surface area contributed by atoms with E-state index in [4.69, 9.17) is 10.5 Å². The average Bonchev–Trinajstić information content (AvgIpc) is 3.04. The van der Waals surface area contributed by atoms with Crippen molar-refractivity contribution in [3.63, 3.8) is 0 Å². The van der Waals surface area contributed by atoms with E-state index in [0.717, 1.165) is 31.0 Å². The van der Waals surface area contributed by atoms with Crippen LogP contribution in [0.1, 0.15) is 29.4 Å². The summed E-state index contributed by atoms with van der Waals surface area (Å²) >= 11 is 0. The molecule has 1 unspecified atom stereocenters. The fourth-order valence-electron chi connectivity index (χ4n) is 2.88. The molecule has 0 aliphatic carbocycles. The molecule has 5 heteroatoms. The van der Waals surface area contributed by atoms with E-state index in [2.05, 4.69) is 11.9 Å². The molecule has 1 saturated heterocycles. The first-order chi connectivity index (χ1) is 11.6. The van der Waals surface area contributed by atoms with E-state index in [1.165, 1.54) is 0 Å². The SMILES string of the molecule is CC1(CN)CCN(C(=O)c2ccc(OCc3ccccn3)cc2)C1. The maximum absolute atomic E-state index is 12.6. The van der Waals surface area contributed by atoms with Crippen LogP contribution in [-0.2, 0) is 6.61 Å². The molecule has 1 aliphatic heterocycles. The number of likely N-dealkylation sites (tertiary alicyclic amines) is 1. The maximum atomic E-state index is 12.6. The van der Waals surface area contributed by atoms with Crippen molar-refractivity contribution in [2.24, 2.45) is 11.1 Å². The topological polar surface area (TPSA) is 68.5 Å². The van der Waals surface area contributed by atoms with Crippen LogP contribution in [0, 0.1) is 5.41 Å². The van der Waals surface area contributed by atoms with Gasteiger partial charge in [0, 0.05) is 24.8 Å². The van der Waals surface area contributed by atoms with Crippen LogP contribution in [-0.4, -0.2) is 35.4 Å². The monoisotopic (exact) mass is 325 g/mol. The Morgan fingerprint density at radius 3 is 2.71 bits per heavy atom. The number of rotatable bonds is 5. The minimum Gasteiger partial charge on any atom is -0.487 e. The molecule has 0 radical (unpaired) electrons. The molecule has 3 rings (SSSR count). The van der Waals surface area contributed by atoms with Crippen molar-refractivity contribution < 1.29 is 9.53 Å². The zero-order valence-electron chi connectivity index (χ0n) is 13.9. The van der Waals surface area contributed by atoms with Gasteiger partial charge in [0.15, 0.2) is 0 Å².